The van der Waals surface area contributed by atoms with Gasteiger partial charge in [0.25, 0.3) is 11.6 Å². The zero-order valence-electron chi connectivity index (χ0n) is 11.8. The van der Waals surface area contributed by atoms with Crippen molar-refractivity contribution in [2.45, 2.75) is 0 Å². The fourth-order valence-electron chi connectivity index (χ4n) is 2.12. The van der Waals surface area contributed by atoms with E-state index >= 15 is 0 Å². The summed E-state index contributed by atoms with van der Waals surface area (Å²) in [7, 11) is 0. The molecule has 8 heteroatoms. The van der Waals surface area contributed by atoms with E-state index in [0.29, 0.717) is 11.4 Å². The van der Waals surface area contributed by atoms with Gasteiger partial charge in [0.05, 0.1) is 4.92 Å². The normalized spacial score (nSPS) is 10.4. The number of aromatic nitrogens is 3. The molecular weight excluding hydrogens is 298 g/mol. The smallest absolute Gasteiger partial charge is 0.295 e. The second-order valence-corrected chi connectivity index (χ2v) is 4.69. The summed E-state index contributed by atoms with van der Waals surface area (Å²) in [4.78, 5) is 30.1. The zero-order valence-corrected chi connectivity index (χ0v) is 11.8. The first-order valence-electron chi connectivity index (χ1n) is 6.61. The molecule has 0 saturated carbocycles. The molecule has 0 aliphatic carbocycles. The second kappa shape index (κ2) is 5.68. The first-order chi connectivity index (χ1) is 11.1. The SMILES string of the molecule is NC(=O)c1cn(-c2ccc([N+](=O)[O-])c(-c3ccccc3)n2)cn1. The number of carbonyl (C=O) groups is 1. The van der Waals surface area contributed by atoms with Crippen molar-refractivity contribution in [2.24, 2.45) is 5.73 Å². The first-order valence-corrected chi connectivity index (χ1v) is 6.61. The molecule has 114 valence electrons. The average Bonchev–Trinajstić information content (AvgIpc) is 3.05. The van der Waals surface area contributed by atoms with Gasteiger partial charge in [0.15, 0.2) is 5.69 Å². The van der Waals surface area contributed by atoms with E-state index in [1.54, 1.807) is 24.3 Å². The molecule has 0 aliphatic heterocycles. The summed E-state index contributed by atoms with van der Waals surface area (Å²) in [6, 6.07) is 11.7. The topological polar surface area (TPSA) is 117 Å². The van der Waals surface area contributed by atoms with Crippen LogP contribution in [0.5, 0.6) is 0 Å². The lowest BCUT2D eigenvalue weighted by atomic mass is 10.1. The fraction of sp³-hybridized carbons (Fsp3) is 0. The number of hydrogen-bond donors (Lipinski definition) is 1. The Bertz CT molecular complexity index is 889. The van der Waals surface area contributed by atoms with E-state index in [9.17, 15) is 14.9 Å². The third-order valence-electron chi connectivity index (χ3n) is 3.20. The molecule has 2 N–H and O–H groups in total. The molecule has 2 aromatic heterocycles. The summed E-state index contributed by atoms with van der Waals surface area (Å²) in [5.41, 5.74) is 6.01. The van der Waals surface area contributed by atoms with Crippen LogP contribution < -0.4 is 5.73 Å². The van der Waals surface area contributed by atoms with E-state index in [1.807, 2.05) is 6.07 Å². The van der Waals surface area contributed by atoms with Crippen molar-refractivity contribution in [3.8, 4) is 17.1 Å². The number of nitro groups is 1. The molecule has 8 nitrogen and oxygen atoms in total. The van der Waals surface area contributed by atoms with Crippen LogP contribution in [0.4, 0.5) is 5.69 Å². The van der Waals surface area contributed by atoms with Crippen molar-refractivity contribution in [3.05, 3.63) is 70.8 Å². The Hall–Kier alpha value is -3.55. The molecule has 0 spiro atoms. The monoisotopic (exact) mass is 309 g/mol. The quantitative estimate of drug-likeness (QED) is 0.583. The molecule has 23 heavy (non-hydrogen) atoms. The van der Waals surface area contributed by atoms with Crippen LogP contribution in [0, 0.1) is 10.1 Å². The van der Waals surface area contributed by atoms with Gasteiger partial charge < -0.3 is 5.73 Å². The van der Waals surface area contributed by atoms with Crippen LogP contribution in [0.3, 0.4) is 0 Å². The average molecular weight is 309 g/mol. The second-order valence-electron chi connectivity index (χ2n) is 4.69. The minimum atomic E-state index is -0.658. The number of pyridine rings is 1. The number of carbonyl (C=O) groups excluding carboxylic acids is 1. The summed E-state index contributed by atoms with van der Waals surface area (Å²) in [6.07, 6.45) is 2.80. The molecule has 3 aromatic rings. The molecule has 0 bridgehead atoms. The zero-order chi connectivity index (χ0) is 16.4. The van der Waals surface area contributed by atoms with Gasteiger partial charge in [-0.3, -0.25) is 19.5 Å². The van der Waals surface area contributed by atoms with Crippen molar-refractivity contribution in [1.29, 1.82) is 0 Å². The van der Waals surface area contributed by atoms with Crippen molar-refractivity contribution in [2.75, 3.05) is 0 Å². The molecule has 0 unspecified atom stereocenters. The Kier molecular flexibility index (Phi) is 3.55. The Labute approximate surface area is 130 Å². The Morgan fingerprint density at radius 2 is 1.91 bits per heavy atom. The first kappa shape index (κ1) is 14.4. The maximum absolute atomic E-state index is 11.2. The largest absolute Gasteiger partial charge is 0.364 e. The predicted molar refractivity (Wildman–Crippen MR) is 82.0 cm³/mol. The van der Waals surface area contributed by atoms with E-state index in [2.05, 4.69) is 9.97 Å². The maximum Gasteiger partial charge on any atom is 0.295 e. The van der Waals surface area contributed by atoms with Gasteiger partial charge >= 0.3 is 0 Å². The summed E-state index contributed by atoms with van der Waals surface area (Å²) < 4.78 is 1.48. The van der Waals surface area contributed by atoms with Gasteiger partial charge in [0.2, 0.25) is 0 Å². The van der Waals surface area contributed by atoms with E-state index in [-0.39, 0.29) is 17.1 Å². The summed E-state index contributed by atoms with van der Waals surface area (Å²) in [6.45, 7) is 0. The molecule has 1 amide bonds. The number of benzene rings is 1. The number of rotatable bonds is 4. The lowest BCUT2D eigenvalue weighted by Gasteiger charge is -2.06. The van der Waals surface area contributed by atoms with Gasteiger partial charge in [-0.15, -0.1) is 0 Å². The van der Waals surface area contributed by atoms with Crippen LogP contribution in [0.1, 0.15) is 10.5 Å². The standard InChI is InChI=1S/C15H11N5O3/c16-15(21)11-8-19(9-17-11)13-7-6-12(20(22)23)14(18-13)10-4-2-1-3-5-10/h1-9H,(H2,16,21). The number of imidazole rings is 1. The summed E-state index contributed by atoms with van der Waals surface area (Å²) in [5.74, 6) is -0.261. The minimum Gasteiger partial charge on any atom is -0.364 e. The lowest BCUT2D eigenvalue weighted by molar-refractivity contribution is -0.384. The third-order valence-corrected chi connectivity index (χ3v) is 3.20. The molecule has 2 heterocycles. The number of amides is 1. The number of primary amides is 1. The van der Waals surface area contributed by atoms with Crippen LogP contribution in [0.25, 0.3) is 17.1 Å². The van der Waals surface area contributed by atoms with Gasteiger partial charge in [-0.05, 0) is 6.07 Å². The van der Waals surface area contributed by atoms with Gasteiger partial charge in [-0.25, -0.2) is 9.97 Å². The van der Waals surface area contributed by atoms with Crippen LogP contribution in [0.2, 0.25) is 0 Å². The predicted octanol–water partition coefficient (Wildman–Crippen LogP) is 1.94. The molecule has 3 rings (SSSR count). The van der Waals surface area contributed by atoms with E-state index in [1.165, 1.54) is 29.2 Å². The summed E-state index contributed by atoms with van der Waals surface area (Å²) >= 11 is 0. The Morgan fingerprint density at radius 3 is 2.52 bits per heavy atom. The highest BCUT2D eigenvalue weighted by Gasteiger charge is 2.18. The van der Waals surface area contributed by atoms with Crippen molar-refractivity contribution >= 4 is 11.6 Å². The highest BCUT2D eigenvalue weighted by atomic mass is 16.6. The fourth-order valence-corrected chi connectivity index (χ4v) is 2.12. The van der Waals surface area contributed by atoms with Crippen molar-refractivity contribution in [1.82, 2.24) is 14.5 Å². The molecule has 1 aromatic carbocycles. The van der Waals surface area contributed by atoms with Crippen molar-refractivity contribution < 1.29 is 9.72 Å². The minimum absolute atomic E-state index is 0.0893. The Balaban J connectivity index is 2.13. The van der Waals surface area contributed by atoms with Crippen LogP contribution in [-0.4, -0.2) is 25.4 Å². The number of nitrogens with zero attached hydrogens (tertiary/aromatic N) is 4. The Morgan fingerprint density at radius 1 is 1.17 bits per heavy atom. The summed E-state index contributed by atoms with van der Waals surface area (Å²) in [5, 5.41) is 11.2. The van der Waals surface area contributed by atoms with Gasteiger partial charge in [-0.1, -0.05) is 30.3 Å². The van der Waals surface area contributed by atoms with Gasteiger partial charge in [0.1, 0.15) is 17.8 Å². The maximum atomic E-state index is 11.2. The molecular formula is C15H11N5O3. The van der Waals surface area contributed by atoms with Crippen molar-refractivity contribution in [3.63, 3.8) is 0 Å². The molecule has 0 atom stereocenters. The van der Waals surface area contributed by atoms with E-state index in [0.717, 1.165) is 0 Å². The third kappa shape index (κ3) is 2.77. The van der Waals surface area contributed by atoms with Crippen LogP contribution in [0.15, 0.2) is 55.0 Å². The van der Waals surface area contributed by atoms with E-state index in [4.69, 9.17) is 5.73 Å². The van der Waals surface area contributed by atoms with Crippen LogP contribution in [-0.2, 0) is 0 Å². The van der Waals surface area contributed by atoms with Gasteiger partial charge in [0, 0.05) is 17.8 Å². The number of nitrogens with two attached hydrogens (primary N) is 1. The van der Waals surface area contributed by atoms with Crippen LogP contribution >= 0.6 is 0 Å². The molecule has 0 saturated heterocycles. The highest BCUT2D eigenvalue weighted by Crippen LogP contribution is 2.28. The lowest BCUT2D eigenvalue weighted by Crippen LogP contribution is -2.11. The van der Waals surface area contributed by atoms with E-state index < -0.39 is 10.8 Å². The molecule has 0 radical (unpaired) electrons. The molecule has 0 aliphatic rings. The molecule has 0 fully saturated rings. The number of hydrogen-bond acceptors (Lipinski definition) is 5. The highest BCUT2D eigenvalue weighted by molar-refractivity contribution is 5.90. The van der Waals surface area contributed by atoms with Gasteiger partial charge in [-0.2, -0.15) is 0 Å².